The van der Waals surface area contributed by atoms with Gasteiger partial charge in [0.1, 0.15) is 5.82 Å². The molecule has 3 nitrogen and oxygen atoms in total. The van der Waals surface area contributed by atoms with Crippen molar-refractivity contribution in [1.29, 1.82) is 0 Å². The molecule has 3 heteroatoms. The normalized spacial score (nSPS) is 13.4. The number of imidazole rings is 1. The predicted molar refractivity (Wildman–Crippen MR) is 45.1 cm³/mol. The zero-order valence-corrected chi connectivity index (χ0v) is 7.12. The van der Waals surface area contributed by atoms with E-state index in [0.29, 0.717) is 0 Å². The Hall–Kier alpha value is -0.830. The molecule has 1 aromatic rings. The van der Waals surface area contributed by atoms with E-state index in [4.69, 9.17) is 5.73 Å². The molecule has 1 rings (SSSR count). The van der Waals surface area contributed by atoms with Gasteiger partial charge in [-0.2, -0.15) is 0 Å². The number of aryl methyl sites for hydroxylation is 1. The van der Waals surface area contributed by atoms with Crippen molar-refractivity contribution in [1.82, 2.24) is 9.55 Å². The lowest BCUT2D eigenvalue weighted by Crippen LogP contribution is -2.16. The molecule has 0 aliphatic heterocycles. The maximum atomic E-state index is 5.71. The maximum absolute atomic E-state index is 5.71. The minimum Gasteiger partial charge on any atom is -0.319 e. The summed E-state index contributed by atoms with van der Waals surface area (Å²) < 4.78 is 2.00. The number of aromatic nitrogens is 2. The van der Waals surface area contributed by atoms with Crippen molar-refractivity contribution in [2.45, 2.75) is 32.9 Å². The summed E-state index contributed by atoms with van der Waals surface area (Å²) >= 11 is 0. The average molecular weight is 153 g/mol. The molecule has 2 N–H and O–H groups in total. The smallest absolute Gasteiger partial charge is 0.109 e. The van der Waals surface area contributed by atoms with Crippen LogP contribution in [-0.4, -0.2) is 9.55 Å². The molecule has 0 aliphatic carbocycles. The highest BCUT2D eigenvalue weighted by Gasteiger charge is 2.03. The zero-order valence-electron chi connectivity index (χ0n) is 7.12. The summed E-state index contributed by atoms with van der Waals surface area (Å²) in [4.78, 5) is 4.21. The summed E-state index contributed by atoms with van der Waals surface area (Å²) in [5, 5.41) is 0. The van der Waals surface area contributed by atoms with Crippen molar-refractivity contribution >= 4 is 0 Å². The molecule has 62 valence electrons. The molecule has 0 aromatic carbocycles. The van der Waals surface area contributed by atoms with Gasteiger partial charge in [0.2, 0.25) is 0 Å². The minimum absolute atomic E-state index is 0.0408. The van der Waals surface area contributed by atoms with Crippen molar-refractivity contribution in [2.24, 2.45) is 5.73 Å². The molecule has 0 saturated heterocycles. The van der Waals surface area contributed by atoms with Gasteiger partial charge in [0, 0.05) is 18.8 Å². The van der Waals surface area contributed by atoms with Crippen molar-refractivity contribution in [3.63, 3.8) is 0 Å². The summed E-state index contributed by atoms with van der Waals surface area (Å²) in [5.74, 6) is 1.09. The lowest BCUT2D eigenvalue weighted by atomic mass is 10.3. The first-order chi connectivity index (χ1) is 5.25. The summed E-state index contributed by atoms with van der Waals surface area (Å²) in [5.41, 5.74) is 5.71. The van der Waals surface area contributed by atoms with Crippen LogP contribution in [0.4, 0.5) is 0 Å². The van der Waals surface area contributed by atoms with Crippen LogP contribution in [0.2, 0.25) is 0 Å². The van der Waals surface area contributed by atoms with Gasteiger partial charge >= 0.3 is 0 Å². The molecule has 0 bridgehead atoms. The third kappa shape index (κ3) is 1.80. The van der Waals surface area contributed by atoms with Gasteiger partial charge in [-0.25, -0.2) is 4.98 Å². The number of rotatable bonds is 3. The SMILES string of the molecule is CCCc1nccn1C(C)N. The van der Waals surface area contributed by atoms with Gasteiger partial charge in [0.05, 0.1) is 6.17 Å². The fraction of sp³-hybridized carbons (Fsp3) is 0.625. The number of hydrogen-bond acceptors (Lipinski definition) is 2. The number of nitrogens with zero attached hydrogens (tertiary/aromatic N) is 2. The average Bonchev–Trinajstić information content (AvgIpc) is 2.36. The number of hydrogen-bond donors (Lipinski definition) is 1. The summed E-state index contributed by atoms with van der Waals surface area (Å²) in [6.45, 7) is 4.10. The van der Waals surface area contributed by atoms with Gasteiger partial charge in [-0.3, -0.25) is 0 Å². The second-order valence-corrected chi connectivity index (χ2v) is 2.74. The van der Waals surface area contributed by atoms with Gasteiger partial charge in [-0.1, -0.05) is 6.92 Å². The second-order valence-electron chi connectivity index (χ2n) is 2.74. The predicted octanol–water partition coefficient (Wildman–Crippen LogP) is 1.31. The van der Waals surface area contributed by atoms with Gasteiger partial charge < -0.3 is 10.3 Å². The first kappa shape index (κ1) is 8.27. The minimum atomic E-state index is 0.0408. The van der Waals surface area contributed by atoms with Gasteiger partial charge in [-0.15, -0.1) is 0 Å². The Kier molecular flexibility index (Phi) is 2.65. The monoisotopic (exact) mass is 153 g/mol. The molecule has 1 atom stereocenters. The van der Waals surface area contributed by atoms with Crippen LogP contribution in [0.3, 0.4) is 0 Å². The van der Waals surface area contributed by atoms with E-state index in [1.54, 1.807) is 6.20 Å². The summed E-state index contributed by atoms with van der Waals surface area (Å²) in [6, 6.07) is 0. The fourth-order valence-electron chi connectivity index (χ4n) is 1.13. The largest absolute Gasteiger partial charge is 0.319 e. The van der Waals surface area contributed by atoms with E-state index >= 15 is 0 Å². The molecule has 1 heterocycles. The van der Waals surface area contributed by atoms with Gasteiger partial charge in [0.25, 0.3) is 0 Å². The Morgan fingerprint density at radius 3 is 3.00 bits per heavy atom. The van der Waals surface area contributed by atoms with Crippen LogP contribution in [0.25, 0.3) is 0 Å². The lowest BCUT2D eigenvalue weighted by Gasteiger charge is -2.09. The fourth-order valence-corrected chi connectivity index (χ4v) is 1.13. The maximum Gasteiger partial charge on any atom is 0.109 e. The third-order valence-electron chi connectivity index (χ3n) is 1.66. The van der Waals surface area contributed by atoms with E-state index in [1.807, 2.05) is 17.7 Å². The number of nitrogens with two attached hydrogens (primary N) is 1. The highest BCUT2D eigenvalue weighted by molar-refractivity contribution is 4.93. The zero-order chi connectivity index (χ0) is 8.27. The highest BCUT2D eigenvalue weighted by Crippen LogP contribution is 2.05. The van der Waals surface area contributed by atoms with E-state index in [1.165, 1.54) is 0 Å². The standard InChI is InChI=1S/C8H15N3/c1-3-4-8-10-5-6-11(8)7(2)9/h5-7H,3-4,9H2,1-2H3. The van der Waals surface area contributed by atoms with E-state index in [9.17, 15) is 0 Å². The lowest BCUT2D eigenvalue weighted by molar-refractivity contribution is 0.540. The van der Waals surface area contributed by atoms with Crippen LogP contribution in [0.15, 0.2) is 12.4 Å². The van der Waals surface area contributed by atoms with Crippen molar-refractivity contribution in [2.75, 3.05) is 0 Å². The quantitative estimate of drug-likeness (QED) is 0.711. The molecule has 0 amide bonds. The third-order valence-corrected chi connectivity index (χ3v) is 1.66. The van der Waals surface area contributed by atoms with Crippen LogP contribution in [0, 0.1) is 0 Å². The molecule has 0 saturated carbocycles. The molecule has 1 aromatic heterocycles. The first-order valence-corrected chi connectivity index (χ1v) is 4.03. The molecule has 0 aliphatic rings. The van der Waals surface area contributed by atoms with E-state index in [0.717, 1.165) is 18.7 Å². The van der Waals surface area contributed by atoms with Gasteiger partial charge in [0.15, 0.2) is 0 Å². The molecular weight excluding hydrogens is 138 g/mol. The van der Waals surface area contributed by atoms with Crippen LogP contribution in [0.5, 0.6) is 0 Å². The van der Waals surface area contributed by atoms with Crippen molar-refractivity contribution in [3.05, 3.63) is 18.2 Å². The molecule has 0 fully saturated rings. The Morgan fingerprint density at radius 1 is 1.73 bits per heavy atom. The van der Waals surface area contributed by atoms with Crippen LogP contribution >= 0.6 is 0 Å². The summed E-state index contributed by atoms with van der Waals surface area (Å²) in [6.07, 6.45) is 5.89. The van der Waals surface area contributed by atoms with E-state index in [-0.39, 0.29) is 6.17 Å². The van der Waals surface area contributed by atoms with E-state index < -0.39 is 0 Å². The molecular formula is C8H15N3. The summed E-state index contributed by atoms with van der Waals surface area (Å²) in [7, 11) is 0. The van der Waals surface area contributed by atoms with Crippen molar-refractivity contribution < 1.29 is 0 Å². The molecule has 0 spiro atoms. The Labute approximate surface area is 67.2 Å². The first-order valence-electron chi connectivity index (χ1n) is 4.03. The van der Waals surface area contributed by atoms with Crippen LogP contribution in [-0.2, 0) is 6.42 Å². The van der Waals surface area contributed by atoms with Crippen molar-refractivity contribution in [3.8, 4) is 0 Å². The van der Waals surface area contributed by atoms with Gasteiger partial charge in [-0.05, 0) is 13.3 Å². The molecule has 0 radical (unpaired) electrons. The Balaban J connectivity index is 2.78. The van der Waals surface area contributed by atoms with Crippen LogP contribution < -0.4 is 5.73 Å². The van der Waals surface area contributed by atoms with Crippen LogP contribution in [0.1, 0.15) is 32.3 Å². The highest BCUT2D eigenvalue weighted by atomic mass is 15.1. The molecule has 1 unspecified atom stereocenters. The second kappa shape index (κ2) is 3.53. The topological polar surface area (TPSA) is 43.8 Å². The Bertz CT molecular complexity index is 215. The molecule has 11 heavy (non-hydrogen) atoms. The Morgan fingerprint density at radius 2 is 2.45 bits per heavy atom. The van der Waals surface area contributed by atoms with E-state index in [2.05, 4.69) is 11.9 Å².